The summed E-state index contributed by atoms with van der Waals surface area (Å²) >= 11 is 0. The zero-order valence-electron chi connectivity index (χ0n) is 11.7. The van der Waals surface area contributed by atoms with Crippen LogP contribution in [0.5, 0.6) is 0 Å². The van der Waals surface area contributed by atoms with E-state index >= 15 is 0 Å². The smallest absolute Gasteiger partial charge is 0.391 e. The number of hydrogen-bond acceptors (Lipinski definition) is 2. The number of benzene rings is 1. The van der Waals surface area contributed by atoms with Gasteiger partial charge in [-0.1, -0.05) is 25.1 Å². The molecule has 0 aliphatic heterocycles. The van der Waals surface area contributed by atoms with E-state index in [1.807, 2.05) is 5.32 Å². The van der Waals surface area contributed by atoms with Gasteiger partial charge in [-0.05, 0) is 17.5 Å². The van der Waals surface area contributed by atoms with E-state index in [1.165, 1.54) is 25.1 Å². The molecule has 22 heavy (non-hydrogen) atoms. The summed E-state index contributed by atoms with van der Waals surface area (Å²) in [5.74, 6) is -3.79. The van der Waals surface area contributed by atoms with Crippen LogP contribution in [0.2, 0.25) is 0 Å². The number of carboxylic acids is 1. The molecule has 1 rings (SSSR count). The number of aliphatic carboxylic acids is 1. The normalized spacial score (nSPS) is 14.2. The zero-order chi connectivity index (χ0) is 16.9. The van der Waals surface area contributed by atoms with E-state index < -0.39 is 42.3 Å². The van der Waals surface area contributed by atoms with E-state index in [0.29, 0.717) is 0 Å². The number of halogens is 4. The van der Waals surface area contributed by atoms with Crippen molar-refractivity contribution in [1.82, 2.24) is 5.32 Å². The molecule has 2 N–H and O–H groups in total. The minimum Gasteiger partial charge on any atom is -0.480 e. The maximum Gasteiger partial charge on any atom is 0.391 e. The summed E-state index contributed by atoms with van der Waals surface area (Å²) in [5, 5.41) is 10.5. The first-order chi connectivity index (χ1) is 10.1. The molecule has 0 aliphatic rings. The second kappa shape index (κ2) is 7.24. The molecule has 1 aromatic carbocycles. The van der Waals surface area contributed by atoms with Gasteiger partial charge in [-0.2, -0.15) is 13.2 Å². The Morgan fingerprint density at radius 1 is 1.27 bits per heavy atom. The third-order valence-electron chi connectivity index (χ3n) is 3.00. The van der Waals surface area contributed by atoms with Crippen LogP contribution < -0.4 is 5.32 Å². The molecule has 0 saturated carbocycles. The number of alkyl halides is 3. The Kier molecular flexibility index (Phi) is 5.90. The number of carbonyl (C=O) groups excluding carboxylic acids is 1. The van der Waals surface area contributed by atoms with Gasteiger partial charge in [0.05, 0.1) is 6.42 Å². The summed E-state index contributed by atoms with van der Waals surface area (Å²) in [5.41, 5.74) is 0.236. The lowest BCUT2D eigenvalue weighted by atomic mass is 9.96. The van der Waals surface area contributed by atoms with Crippen LogP contribution in [0.1, 0.15) is 31.2 Å². The average molecular weight is 321 g/mol. The lowest BCUT2D eigenvalue weighted by molar-refractivity contribution is -0.160. The second-order valence-corrected chi connectivity index (χ2v) is 4.90. The van der Waals surface area contributed by atoms with Crippen molar-refractivity contribution >= 4 is 11.9 Å². The number of amides is 1. The zero-order valence-corrected chi connectivity index (χ0v) is 11.7. The van der Waals surface area contributed by atoms with Gasteiger partial charge in [0.2, 0.25) is 5.91 Å². The molecule has 2 atom stereocenters. The summed E-state index contributed by atoms with van der Waals surface area (Å²) in [6, 6.07) is 3.64. The number of hydrogen-bond donors (Lipinski definition) is 2. The highest BCUT2D eigenvalue weighted by molar-refractivity contribution is 5.84. The molecule has 4 nitrogen and oxygen atoms in total. The van der Waals surface area contributed by atoms with E-state index in [-0.39, 0.29) is 12.0 Å². The maximum atomic E-state index is 13.5. The fourth-order valence-electron chi connectivity index (χ4n) is 1.95. The SMILES string of the molecule is CC(CC(=O)NC(CC(F)(F)F)C(=O)O)c1ccccc1F. The molecule has 1 amide bonds. The minimum atomic E-state index is -4.71. The largest absolute Gasteiger partial charge is 0.480 e. The van der Waals surface area contributed by atoms with E-state index in [2.05, 4.69) is 0 Å². The highest BCUT2D eigenvalue weighted by atomic mass is 19.4. The van der Waals surface area contributed by atoms with Crippen molar-refractivity contribution in [1.29, 1.82) is 0 Å². The van der Waals surface area contributed by atoms with E-state index in [0.717, 1.165) is 0 Å². The molecule has 0 heterocycles. The average Bonchev–Trinajstić information content (AvgIpc) is 2.36. The van der Waals surface area contributed by atoms with Gasteiger partial charge in [0.15, 0.2) is 0 Å². The first kappa shape index (κ1) is 17.9. The summed E-state index contributed by atoms with van der Waals surface area (Å²) in [4.78, 5) is 22.4. The molecule has 8 heteroatoms. The molecule has 1 aromatic rings. The van der Waals surface area contributed by atoms with Crippen LogP contribution in [0.3, 0.4) is 0 Å². The van der Waals surface area contributed by atoms with E-state index in [4.69, 9.17) is 5.11 Å². The van der Waals surface area contributed by atoms with Crippen LogP contribution in [0, 0.1) is 5.82 Å². The molecular formula is C14H15F4NO3. The molecule has 2 unspecified atom stereocenters. The number of nitrogens with one attached hydrogen (secondary N) is 1. The third-order valence-corrected chi connectivity index (χ3v) is 3.00. The van der Waals surface area contributed by atoms with Gasteiger partial charge in [0.25, 0.3) is 0 Å². The molecule has 0 radical (unpaired) electrons. The van der Waals surface area contributed by atoms with Crippen LogP contribution >= 0.6 is 0 Å². The second-order valence-electron chi connectivity index (χ2n) is 4.90. The van der Waals surface area contributed by atoms with Crippen molar-refractivity contribution in [2.45, 2.75) is 37.9 Å². The first-order valence-corrected chi connectivity index (χ1v) is 6.43. The molecule has 0 aromatic heterocycles. The Balaban J connectivity index is 2.68. The molecule has 122 valence electrons. The predicted molar refractivity (Wildman–Crippen MR) is 69.7 cm³/mol. The first-order valence-electron chi connectivity index (χ1n) is 6.43. The Morgan fingerprint density at radius 2 is 1.86 bits per heavy atom. The van der Waals surface area contributed by atoms with E-state index in [9.17, 15) is 27.2 Å². The van der Waals surface area contributed by atoms with E-state index in [1.54, 1.807) is 6.07 Å². The monoisotopic (exact) mass is 321 g/mol. The third kappa shape index (κ3) is 5.71. The van der Waals surface area contributed by atoms with Gasteiger partial charge in [-0.3, -0.25) is 4.79 Å². The number of carbonyl (C=O) groups is 2. The summed E-state index contributed by atoms with van der Waals surface area (Å²) in [6.45, 7) is 1.53. The maximum absolute atomic E-state index is 13.5. The van der Waals surface area contributed by atoms with Crippen LogP contribution in [0.4, 0.5) is 17.6 Å². The molecule has 0 bridgehead atoms. The van der Waals surface area contributed by atoms with Crippen molar-refractivity contribution < 1.29 is 32.3 Å². The summed E-state index contributed by atoms with van der Waals surface area (Å²) in [6.07, 6.45) is -6.70. The van der Waals surface area contributed by atoms with Gasteiger partial charge < -0.3 is 10.4 Å². The number of rotatable bonds is 6. The van der Waals surface area contributed by atoms with Gasteiger partial charge in [-0.25, -0.2) is 9.18 Å². The molecule has 0 aliphatic carbocycles. The molecule has 0 saturated heterocycles. The summed E-state index contributed by atoms with van der Waals surface area (Å²) in [7, 11) is 0. The predicted octanol–water partition coefficient (Wildman–Crippen LogP) is 2.84. The highest BCUT2D eigenvalue weighted by Crippen LogP contribution is 2.23. The molecule has 0 spiro atoms. The van der Waals surface area contributed by atoms with Crippen LogP contribution in [-0.4, -0.2) is 29.2 Å². The van der Waals surface area contributed by atoms with Gasteiger partial charge in [-0.15, -0.1) is 0 Å². The molecular weight excluding hydrogens is 306 g/mol. The van der Waals surface area contributed by atoms with Crippen molar-refractivity contribution in [3.05, 3.63) is 35.6 Å². The summed E-state index contributed by atoms with van der Waals surface area (Å²) < 4.78 is 50.2. The van der Waals surface area contributed by atoms with Crippen LogP contribution in [0.15, 0.2) is 24.3 Å². The lowest BCUT2D eigenvalue weighted by Gasteiger charge is -2.18. The Morgan fingerprint density at radius 3 is 2.36 bits per heavy atom. The fraction of sp³-hybridized carbons (Fsp3) is 0.429. The Labute approximate surface area is 124 Å². The lowest BCUT2D eigenvalue weighted by Crippen LogP contribution is -2.43. The quantitative estimate of drug-likeness (QED) is 0.792. The van der Waals surface area contributed by atoms with Crippen LogP contribution in [-0.2, 0) is 9.59 Å². The Hall–Kier alpha value is -2.12. The van der Waals surface area contributed by atoms with Gasteiger partial charge in [0, 0.05) is 6.42 Å². The van der Waals surface area contributed by atoms with Crippen molar-refractivity contribution in [2.24, 2.45) is 0 Å². The van der Waals surface area contributed by atoms with Crippen LogP contribution in [0.25, 0.3) is 0 Å². The van der Waals surface area contributed by atoms with Crippen molar-refractivity contribution in [3.63, 3.8) is 0 Å². The van der Waals surface area contributed by atoms with Gasteiger partial charge in [0.1, 0.15) is 11.9 Å². The van der Waals surface area contributed by atoms with Crippen molar-refractivity contribution in [3.8, 4) is 0 Å². The molecule has 0 fully saturated rings. The van der Waals surface area contributed by atoms with Gasteiger partial charge >= 0.3 is 12.1 Å². The van der Waals surface area contributed by atoms with Crippen molar-refractivity contribution in [2.75, 3.05) is 0 Å². The number of carboxylic acid groups (broad SMARTS) is 1. The topological polar surface area (TPSA) is 66.4 Å². The Bertz CT molecular complexity index is 545. The highest BCUT2D eigenvalue weighted by Gasteiger charge is 2.36. The minimum absolute atomic E-state index is 0.236. The fourth-order valence-corrected chi connectivity index (χ4v) is 1.95. The standard InChI is InChI=1S/C14H15F4NO3/c1-8(9-4-2-3-5-10(9)15)6-12(20)19-11(13(21)22)7-14(16,17)18/h2-5,8,11H,6-7H2,1H3,(H,19,20)(H,21,22).